The Labute approximate surface area is 194 Å². The molecule has 2 heterocycles. The normalized spacial score (nSPS) is 19.0. The zero-order valence-corrected chi connectivity index (χ0v) is 19.3. The van der Waals surface area contributed by atoms with Gasteiger partial charge in [0.15, 0.2) is 0 Å². The molecule has 3 aromatic rings. The highest BCUT2D eigenvalue weighted by Crippen LogP contribution is 2.15. The van der Waals surface area contributed by atoms with Crippen LogP contribution in [0.5, 0.6) is 0 Å². The number of aryl methyl sites for hydroxylation is 1. The first-order valence-corrected chi connectivity index (χ1v) is 11.7. The minimum Gasteiger partial charge on any atom is -0.373 e. The molecule has 7 heteroatoms. The summed E-state index contributed by atoms with van der Waals surface area (Å²) in [6.45, 7) is 7.55. The Hall–Kier alpha value is -3.03. The van der Waals surface area contributed by atoms with Crippen LogP contribution in [-0.2, 0) is 29.0 Å². The number of ether oxygens (including phenoxy) is 1. The van der Waals surface area contributed by atoms with E-state index in [-0.39, 0.29) is 23.7 Å². The van der Waals surface area contributed by atoms with Crippen LogP contribution >= 0.6 is 0 Å². The van der Waals surface area contributed by atoms with Gasteiger partial charge in [-0.05, 0) is 43.5 Å². The van der Waals surface area contributed by atoms with E-state index >= 15 is 0 Å². The number of fused-ring (bicyclic) bond motifs is 1. The van der Waals surface area contributed by atoms with Gasteiger partial charge in [-0.2, -0.15) is 0 Å². The van der Waals surface area contributed by atoms with Gasteiger partial charge < -0.3 is 15.0 Å². The number of carbonyl (C=O) groups excluding carboxylic acids is 1. The topological polar surface area (TPSA) is 87.3 Å². The predicted octanol–water partition coefficient (Wildman–Crippen LogP) is 3.17. The number of H-pyrrole nitrogens is 1. The fraction of sp³-hybridized carbons (Fsp3) is 0.423. The van der Waals surface area contributed by atoms with Crippen LogP contribution in [0.15, 0.2) is 53.3 Å². The third-order valence-corrected chi connectivity index (χ3v) is 5.89. The zero-order valence-electron chi connectivity index (χ0n) is 19.3. The largest absolute Gasteiger partial charge is 0.373 e. The number of aromatic amines is 1. The summed E-state index contributed by atoms with van der Waals surface area (Å²) in [5.41, 5.74) is 2.89. The van der Waals surface area contributed by atoms with Crippen molar-refractivity contribution in [3.8, 4) is 0 Å². The molecule has 7 nitrogen and oxygen atoms in total. The molecule has 0 unspecified atom stereocenters. The molecule has 0 bridgehead atoms. The molecule has 0 spiro atoms. The van der Waals surface area contributed by atoms with Crippen molar-refractivity contribution in [2.24, 2.45) is 0 Å². The van der Waals surface area contributed by atoms with Crippen LogP contribution in [0.25, 0.3) is 10.9 Å². The number of hydrogen-bond donors (Lipinski definition) is 2. The third-order valence-electron chi connectivity index (χ3n) is 5.89. The van der Waals surface area contributed by atoms with Gasteiger partial charge in [0.2, 0.25) is 5.91 Å². The van der Waals surface area contributed by atoms with Crippen LogP contribution in [0.3, 0.4) is 0 Å². The number of amides is 1. The summed E-state index contributed by atoms with van der Waals surface area (Å²) in [6.07, 6.45) is 2.10. The number of morpholine rings is 1. The number of carbonyl (C=O) groups is 1. The predicted molar refractivity (Wildman–Crippen MR) is 129 cm³/mol. The molecule has 1 amide bonds. The maximum Gasteiger partial charge on any atom is 0.258 e. The van der Waals surface area contributed by atoms with E-state index in [1.54, 1.807) is 6.07 Å². The van der Waals surface area contributed by atoms with Gasteiger partial charge in [0, 0.05) is 39.0 Å². The quantitative estimate of drug-likeness (QED) is 0.553. The van der Waals surface area contributed by atoms with Crippen molar-refractivity contribution in [2.45, 2.75) is 58.4 Å². The first kappa shape index (κ1) is 23.1. The Morgan fingerprint density at radius 3 is 2.55 bits per heavy atom. The van der Waals surface area contributed by atoms with Gasteiger partial charge in [0.05, 0.1) is 23.1 Å². The molecule has 33 heavy (non-hydrogen) atoms. The Morgan fingerprint density at radius 2 is 1.79 bits per heavy atom. The highest BCUT2D eigenvalue weighted by molar-refractivity contribution is 5.77. The molecular weight excluding hydrogens is 416 g/mol. The van der Waals surface area contributed by atoms with Crippen molar-refractivity contribution in [1.82, 2.24) is 20.2 Å². The highest BCUT2D eigenvalue weighted by atomic mass is 16.5. The molecule has 1 aromatic heterocycles. The molecule has 2 N–H and O–H groups in total. The standard InChI is InChI=1S/C26H32N4O3/c1-18-15-30(16-19(2)33-18)17-21-12-10-20(11-13-21)14-27-25(31)9-5-8-24-28-23-7-4-3-6-22(23)26(32)29-24/h3-4,6-7,10-13,18-19H,5,8-9,14-17H2,1-2H3,(H,27,31)(H,28,29,32)/t18-,19-/m1/s1. The summed E-state index contributed by atoms with van der Waals surface area (Å²) >= 11 is 0. The molecule has 0 saturated carbocycles. The number of nitrogens with zero attached hydrogens (tertiary/aromatic N) is 2. The van der Waals surface area contributed by atoms with Crippen LogP contribution in [0.1, 0.15) is 43.6 Å². The minimum absolute atomic E-state index is 0.00138. The van der Waals surface area contributed by atoms with Crippen LogP contribution in [0, 0.1) is 0 Å². The second-order valence-electron chi connectivity index (χ2n) is 8.93. The van der Waals surface area contributed by atoms with Crippen molar-refractivity contribution >= 4 is 16.8 Å². The van der Waals surface area contributed by atoms with Crippen molar-refractivity contribution < 1.29 is 9.53 Å². The van der Waals surface area contributed by atoms with Crippen molar-refractivity contribution in [2.75, 3.05) is 13.1 Å². The van der Waals surface area contributed by atoms with Crippen molar-refractivity contribution in [3.63, 3.8) is 0 Å². The van der Waals surface area contributed by atoms with Gasteiger partial charge in [-0.15, -0.1) is 0 Å². The van der Waals surface area contributed by atoms with Gasteiger partial charge in [-0.1, -0.05) is 36.4 Å². The number of nitrogens with one attached hydrogen (secondary N) is 2. The molecule has 174 valence electrons. The van der Waals surface area contributed by atoms with E-state index in [0.29, 0.717) is 42.5 Å². The lowest BCUT2D eigenvalue weighted by molar-refractivity contribution is -0.121. The van der Waals surface area contributed by atoms with Crippen LogP contribution < -0.4 is 10.9 Å². The maximum atomic E-state index is 12.3. The molecule has 0 aliphatic carbocycles. The number of hydrogen-bond acceptors (Lipinski definition) is 5. The molecule has 2 atom stereocenters. The number of para-hydroxylation sites is 1. The molecule has 1 saturated heterocycles. The van der Waals surface area contributed by atoms with Crippen molar-refractivity contribution in [3.05, 3.63) is 75.8 Å². The lowest BCUT2D eigenvalue weighted by Gasteiger charge is -2.35. The summed E-state index contributed by atoms with van der Waals surface area (Å²) in [7, 11) is 0. The summed E-state index contributed by atoms with van der Waals surface area (Å²) in [6, 6.07) is 15.7. The van der Waals surface area contributed by atoms with E-state index in [1.165, 1.54) is 5.56 Å². The molecule has 1 aliphatic heterocycles. The molecule has 0 radical (unpaired) electrons. The first-order chi connectivity index (χ1) is 16.0. The molecule has 4 rings (SSSR count). The van der Waals surface area contributed by atoms with Gasteiger partial charge in [0.1, 0.15) is 5.82 Å². The second kappa shape index (κ2) is 10.7. The van der Waals surface area contributed by atoms with Crippen LogP contribution in [-0.4, -0.2) is 46.1 Å². The van der Waals surface area contributed by atoms with Crippen molar-refractivity contribution in [1.29, 1.82) is 0 Å². The molecule has 2 aromatic carbocycles. The second-order valence-corrected chi connectivity index (χ2v) is 8.93. The Bertz CT molecular complexity index is 1130. The molecule has 1 aliphatic rings. The van der Waals surface area contributed by atoms with E-state index in [9.17, 15) is 9.59 Å². The summed E-state index contributed by atoms with van der Waals surface area (Å²) in [4.78, 5) is 34.1. The number of aromatic nitrogens is 2. The summed E-state index contributed by atoms with van der Waals surface area (Å²) < 4.78 is 5.80. The van der Waals surface area contributed by atoms with Crippen LogP contribution in [0.4, 0.5) is 0 Å². The summed E-state index contributed by atoms with van der Waals surface area (Å²) in [5.74, 6) is 0.615. The van der Waals surface area contributed by atoms with Gasteiger partial charge >= 0.3 is 0 Å². The number of benzene rings is 2. The van der Waals surface area contributed by atoms with E-state index in [2.05, 4.69) is 58.3 Å². The summed E-state index contributed by atoms with van der Waals surface area (Å²) in [5, 5.41) is 3.56. The van der Waals surface area contributed by atoms with E-state index < -0.39 is 0 Å². The monoisotopic (exact) mass is 448 g/mol. The smallest absolute Gasteiger partial charge is 0.258 e. The van der Waals surface area contributed by atoms with Gasteiger partial charge in [-0.3, -0.25) is 14.5 Å². The number of rotatable bonds is 8. The van der Waals surface area contributed by atoms with E-state index in [1.807, 2.05) is 18.2 Å². The SMILES string of the molecule is C[C@@H]1CN(Cc2ccc(CNC(=O)CCCc3nc4ccccc4c(=O)[nH]3)cc2)C[C@@H](C)O1. The van der Waals surface area contributed by atoms with Gasteiger partial charge in [-0.25, -0.2) is 4.98 Å². The lowest BCUT2D eigenvalue weighted by Crippen LogP contribution is -2.44. The average Bonchev–Trinajstić information content (AvgIpc) is 2.78. The van der Waals surface area contributed by atoms with E-state index in [4.69, 9.17) is 4.74 Å². The lowest BCUT2D eigenvalue weighted by atomic mass is 10.1. The Balaban J connectivity index is 1.20. The maximum absolute atomic E-state index is 12.3. The Morgan fingerprint density at radius 1 is 1.09 bits per heavy atom. The minimum atomic E-state index is -0.138. The zero-order chi connectivity index (χ0) is 23.2. The molecular formula is C26H32N4O3. The Kier molecular flexibility index (Phi) is 7.52. The first-order valence-electron chi connectivity index (χ1n) is 11.7. The van der Waals surface area contributed by atoms with E-state index in [0.717, 1.165) is 25.2 Å². The third kappa shape index (κ3) is 6.49. The fourth-order valence-corrected chi connectivity index (χ4v) is 4.39. The molecule has 1 fully saturated rings. The fourth-order valence-electron chi connectivity index (χ4n) is 4.39. The van der Waals surface area contributed by atoms with Crippen LogP contribution in [0.2, 0.25) is 0 Å². The highest BCUT2D eigenvalue weighted by Gasteiger charge is 2.21. The van der Waals surface area contributed by atoms with Gasteiger partial charge in [0.25, 0.3) is 5.56 Å². The average molecular weight is 449 g/mol.